The van der Waals surface area contributed by atoms with E-state index in [0.717, 1.165) is 0 Å². The van der Waals surface area contributed by atoms with Crippen LogP contribution in [0.2, 0.25) is 0 Å². The molecule has 14 heavy (non-hydrogen) atoms. The fourth-order valence-electron chi connectivity index (χ4n) is 2.65. The molecule has 0 bridgehead atoms. The number of fused-ring (bicyclic) bond motifs is 3. The summed E-state index contributed by atoms with van der Waals surface area (Å²) >= 11 is 0. The van der Waals surface area contributed by atoms with Crippen LogP contribution in [0.3, 0.4) is 0 Å². The smallest absolute Gasteiger partial charge is 0.0623 e. The van der Waals surface area contributed by atoms with E-state index in [1.165, 1.54) is 47.8 Å². The van der Waals surface area contributed by atoms with Crippen LogP contribution >= 0.6 is 0 Å². The van der Waals surface area contributed by atoms with Gasteiger partial charge in [-0.25, -0.2) is 0 Å². The van der Waals surface area contributed by atoms with Crippen LogP contribution in [0.4, 0.5) is 0 Å². The van der Waals surface area contributed by atoms with Crippen molar-refractivity contribution in [3.05, 3.63) is 35.5 Å². The van der Waals surface area contributed by atoms with Gasteiger partial charge in [0.1, 0.15) is 0 Å². The summed E-state index contributed by atoms with van der Waals surface area (Å²) in [4.78, 5) is 0. The summed E-state index contributed by atoms with van der Waals surface area (Å²) in [5, 5.41) is 1.31. The van der Waals surface area contributed by atoms with Gasteiger partial charge in [-0.3, -0.25) is 0 Å². The van der Waals surface area contributed by atoms with E-state index in [1.807, 2.05) is 12.1 Å². The number of rotatable bonds is 0. The Morgan fingerprint density at radius 3 is 3.07 bits per heavy atom. The van der Waals surface area contributed by atoms with Crippen molar-refractivity contribution in [2.45, 2.75) is 25.7 Å². The lowest BCUT2D eigenvalue weighted by Gasteiger charge is -2.12. The summed E-state index contributed by atoms with van der Waals surface area (Å²) in [6.07, 6.45) is 5.00. The monoisotopic (exact) mass is 186 g/mol. The number of nitrogens with zero attached hydrogens (tertiary/aromatic N) is 1. The number of hydrogen-bond acceptors (Lipinski definition) is 0. The van der Waals surface area contributed by atoms with Crippen LogP contribution in [0.5, 0.6) is 0 Å². The number of aromatic nitrogens is 1. The molecule has 72 valence electrons. The van der Waals surface area contributed by atoms with E-state index < -0.39 is 0 Å². The van der Waals surface area contributed by atoms with Crippen molar-refractivity contribution in [3.63, 3.8) is 0 Å². The van der Waals surface area contributed by atoms with E-state index in [9.17, 15) is 0 Å². The molecule has 1 heteroatoms. The van der Waals surface area contributed by atoms with Gasteiger partial charge < -0.3 is 4.57 Å². The molecule has 0 atom stereocenters. The van der Waals surface area contributed by atoms with Gasteiger partial charge in [0.15, 0.2) is 0 Å². The predicted octanol–water partition coefficient (Wildman–Crippen LogP) is 3.06. The Morgan fingerprint density at radius 2 is 2.14 bits per heavy atom. The average Bonchev–Trinajstić information content (AvgIpc) is 2.54. The molecule has 0 aliphatic heterocycles. The fraction of sp³-hybridized carbons (Fsp3) is 0.385. The van der Waals surface area contributed by atoms with E-state index >= 15 is 0 Å². The topological polar surface area (TPSA) is 4.93 Å². The lowest BCUT2D eigenvalue weighted by Crippen LogP contribution is -2.04. The molecule has 1 aromatic heterocycles. The third kappa shape index (κ3) is 0.955. The summed E-state index contributed by atoms with van der Waals surface area (Å²) in [5.74, 6) is 0. The van der Waals surface area contributed by atoms with Gasteiger partial charge in [0, 0.05) is 23.6 Å². The number of hydrogen-bond donors (Lipinski definition) is 0. The molecule has 1 heterocycles. The van der Waals surface area contributed by atoms with Crippen LogP contribution in [0.1, 0.15) is 25.5 Å². The summed E-state index contributed by atoms with van der Waals surface area (Å²) in [6, 6.07) is 6.60. The summed E-state index contributed by atoms with van der Waals surface area (Å²) in [5.41, 5.74) is 4.27. The van der Waals surface area contributed by atoms with Crippen LogP contribution < -0.4 is 0 Å². The van der Waals surface area contributed by atoms with Crippen LogP contribution in [0, 0.1) is 0 Å². The molecule has 2 aromatic rings. The molecule has 1 nitrogen and oxygen atoms in total. The molecule has 0 amide bonds. The van der Waals surface area contributed by atoms with Gasteiger partial charge in [0.25, 0.3) is 0 Å². The Morgan fingerprint density at radius 1 is 1.29 bits per heavy atom. The quantitative estimate of drug-likeness (QED) is 0.596. The second-order valence-electron chi connectivity index (χ2n) is 4.13. The first-order valence-corrected chi connectivity index (χ1v) is 5.34. The molecular formula is C13H15N. The second-order valence-corrected chi connectivity index (χ2v) is 4.13. The fourth-order valence-corrected chi connectivity index (χ4v) is 2.65. The van der Waals surface area contributed by atoms with Crippen LogP contribution in [0.15, 0.2) is 24.2 Å². The average molecular weight is 186 g/mol. The third-order valence-corrected chi connectivity index (χ3v) is 3.37. The zero-order valence-corrected chi connectivity index (χ0v) is 8.51. The largest absolute Gasteiger partial charge is 0.347 e. The van der Waals surface area contributed by atoms with Crippen LogP contribution in [-0.4, -0.2) is 4.57 Å². The maximum atomic E-state index is 7.69. The van der Waals surface area contributed by atoms with E-state index in [1.54, 1.807) is 0 Å². The molecule has 0 spiro atoms. The molecule has 0 unspecified atom stereocenters. The van der Waals surface area contributed by atoms with Gasteiger partial charge in [-0.15, -0.1) is 0 Å². The second kappa shape index (κ2) is 2.88. The minimum Gasteiger partial charge on any atom is -0.347 e. The number of para-hydroxylation sites is 1. The highest BCUT2D eigenvalue weighted by Gasteiger charge is 2.17. The SMILES string of the molecule is [2H]c1ccc2c(c1)c1c(n2C)CCCC1. The van der Waals surface area contributed by atoms with Crippen molar-refractivity contribution in [3.8, 4) is 0 Å². The summed E-state index contributed by atoms with van der Waals surface area (Å²) < 4.78 is 10.0. The molecule has 0 fully saturated rings. The molecule has 0 saturated heterocycles. The predicted molar refractivity (Wildman–Crippen MR) is 59.6 cm³/mol. The number of aryl methyl sites for hydroxylation is 2. The molecule has 0 N–H and O–H groups in total. The van der Waals surface area contributed by atoms with Crippen molar-refractivity contribution in [1.82, 2.24) is 4.57 Å². The van der Waals surface area contributed by atoms with Gasteiger partial charge in [-0.05, 0) is 37.3 Å². The lowest BCUT2D eigenvalue weighted by atomic mass is 9.96. The van der Waals surface area contributed by atoms with Crippen molar-refractivity contribution in [2.24, 2.45) is 7.05 Å². The lowest BCUT2D eigenvalue weighted by molar-refractivity contribution is 0.653. The van der Waals surface area contributed by atoms with Crippen molar-refractivity contribution < 1.29 is 1.37 Å². The highest BCUT2D eigenvalue weighted by molar-refractivity contribution is 5.85. The normalized spacial score (nSPS) is 16.8. The molecule has 0 saturated carbocycles. The molecule has 1 aromatic carbocycles. The van der Waals surface area contributed by atoms with Gasteiger partial charge in [0.2, 0.25) is 0 Å². The van der Waals surface area contributed by atoms with E-state index in [2.05, 4.69) is 17.7 Å². The third-order valence-electron chi connectivity index (χ3n) is 3.37. The first-order chi connectivity index (χ1) is 7.27. The highest BCUT2D eigenvalue weighted by atomic mass is 14.9. The van der Waals surface area contributed by atoms with Crippen molar-refractivity contribution in [2.75, 3.05) is 0 Å². The van der Waals surface area contributed by atoms with Crippen molar-refractivity contribution in [1.29, 1.82) is 0 Å². The molecule has 1 aliphatic carbocycles. The van der Waals surface area contributed by atoms with Gasteiger partial charge in [0.05, 0.1) is 1.37 Å². The Balaban J connectivity index is 2.39. The zero-order valence-electron chi connectivity index (χ0n) is 9.51. The Labute approximate surface area is 85.8 Å². The van der Waals surface area contributed by atoms with E-state index in [0.29, 0.717) is 6.04 Å². The first-order valence-electron chi connectivity index (χ1n) is 5.84. The van der Waals surface area contributed by atoms with Gasteiger partial charge >= 0.3 is 0 Å². The van der Waals surface area contributed by atoms with Crippen LogP contribution in [0.25, 0.3) is 10.9 Å². The molecule has 3 rings (SSSR count). The van der Waals surface area contributed by atoms with E-state index in [4.69, 9.17) is 1.37 Å². The zero-order chi connectivity index (χ0) is 10.4. The molecule has 0 radical (unpaired) electrons. The maximum absolute atomic E-state index is 7.69. The Bertz CT molecular complexity index is 525. The minimum absolute atomic E-state index is 0.626. The van der Waals surface area contributed by atoms with Crippen LogP contribution in [-0.2, 0) is 19.9 Å². The molecular weight excluding hydrogens is 170 g/mol. The summed E-state index contributed by atoms with van der Waals surface area (Å²) in [6.45, 7) is 0. The Hall–Kier alpha value is -1.24. The Kier molecular flexibility index (Phi) is 1.46. The standard InChI is InChI=1S/C13H15N/c1-14-12-8-4-2-6-10(12)11-7-3-5-9-13(11)14/h2,4,6,8H,3,5,7,9H2,1H3/i2D. The highest BCUT2D eigenvalue weighted by Crippen LogP contribution is 2.30. The minimum atomic E-state index is 0.626. The summed E-state index contributed by atoms with van der Waals surface area (Å²) in [7, 11) is 2.15. The van der Waals surface area contributed by atoms with Gasteiger partial charge in [-0.2, -0.15) is 0 Å². The maximum Gasteiger partial charge on any atom is 0.0623 e. The van der Waals surface area contributed by atoms with Gasteiger partial charge in [-0.1, -0.05) is 18.2 Å². The first kappa shape index (κ1) is 7.10. The van der Waals surface area contributed by atoms with Crippen molar-refractivity contribution >= 4 is 10.9 Å². The molecule has 1 aliphatic rings. The number of benzene rings is 1. The van der Waals surface area contributed by atoms with E-state index in [-0.39, 0.29) is 0 Å².